The van der Waals surface area contributed by atoms with E-state index in [1.807, 2.05) is 0 Å². The van der Waals surface area contributed by atoms with E-state index < -0.39 is 39.9 Å². The van der Waals surface area contributed by atoms with Gasteiger partial charge in [0.2, 0.25) is 0 Å². The van der Waals surface area contributed by atoms with Crippen molar-refractivity contribution in [2.24, 2.45) is 0 Å². The lowest BCUT2D eigenvalue weighted by Crippen LogP contribution is -2.33. The molecule has 10 heteroatoms. The van der Waals surface area contributed by atoms with E-state index in [0.29, 0.717) is 11.0 Å². The van der Waals surface area contributed by atoms with Gasteiger partial charge in [-0.15, -0.1) is 0 Å². The van der Waals surface area contributed by atoms with Crippen LogP contribution < -0.4 is 10.2 Å². The van der Waals surface area contributed by atoms with Crippen LogP contribution in [0.25, 0.3) is 5.57 Å². The van der Waals surface area contributed by atoms with E-state index >= 15 is 0 Å². The Kier molecular flexibility index (Phi) is 5.19. The number of nitro groups is 1. The zero-order valence-electron chi connectivity index (χ0n) is 16.0. The third kappa shape index (κ3) is 3.69. The first-order valence-electron chi connectivity index (χ1n) is 9.12. The molecule has 0 bridgehead atoms. The van der Waals surface area contributed by atoms with Gasteiger partial charge >= 0.3 is 0 Å². The third-order valence-electron chi connectivity index (χ3n) is 4.70. The van der Waals surface area contributed by atoms with E-state index in [9.17, 15) is 32.9 Å². The van der Waals surface area contributed by atoms with E-state index in [4.69, 9.17) is 0 Å². The zero-order chi connectivity index (χ0) is 23.0. The fourth-order valence-electron chi connectivity index (χ4n) is 3.26. The Hall–Kier alpha value is -4.47. The number of hydrogen-bond donors (Lipinski definition) is 1. The summed E-state index contributed by atoms with van der Waals surface area (Å²) in [6.45, 7) is 0. The molecule has 160 valence electrons. The second-order valence-corrected chi connectivity index (χ2v) is 6.73. The molecular formula is C22H12F3N3O4. The number of nitrogens with one attached hydrogen (secondary N) is 1. The Morgan fingerprint density at radius 2 is 1.53 bits per heavy atom. The first-order valence-corrected chi connectivity index (χ1v) is 9.12. The van der Waals surface area contributed by atoms with Crippen LogP contribution in [0, 0.1) is 27.6 Å². The molecule has 0 aliphatic carbocycles. The molecule has 4 rings (SSSR count). The molecule has 0 unspecified atom stereocenters. The van der Waals surface area contributed by atoms with Crippen molar-refractivity contribution in [3.63, 3.8) is 0 Å². The maximum atomic E-state index is 14.4. The predicted molar refractivity (Wildman–Crippen MR) is 109 cm³/mol. The second kappa shape index (κ2) is 7.99. The number of benzene rings is 3. The fraction of sp³-hybridized carbons (Fsp3) is 0. The number of carbonyl (C=O) groups excluding carboxylic acids is 2. The Morgan fingerprint density at radius 1 is 0.844 bits per heavy atom. The van der Waals surface area contributed by atoms with Gasteiger partial charge in [0.1, 0.15) is 23.1 Å². The molecule has 2 amide bonds. The number of carbonyl (C=O) groups is 2. The summed E-state index contributed by atoms with van der Waals surface area (Å²) in [6.07, 6.45) is 0. The number of imide groups is 1. The molecule has 32 heavy (non-hydrogen) atoms. The second-order valence-electron chi connectivity index (χ2n) is 6.73. The summed E-state index contributed by atoms with van der Waals surface area (Å²) < 4.78 is 41.3. The van der Waals surface area contributed by atoms with Crippen molar-refractivity contribution < 1.29 is 27.7 Å². The van der Waals surface area contributed by atoms with Crippen LogP contribution in [-0.4, -0.2) is 16.7 Å². The normalized spacial score (nSPS) is 13.7. The third-order valence-corrected chi connectivity index (χ3v) is 4.70. The van der Waals surface area contributed by atoms with Crippen molar-refractivity contribution in [3.05, 3.63) is 106 Å². The molecule has 0 atom stereocenters. The number of anilines is 2. The molecular weight excluding hydrogens is 427 g/mol. The summed E-state index contributed by atoms with van der Waals surface area (Å²) in [4.78, 5) is 37.1. The van der Waals surface area contributed by atoms with Crippen LogP contribution in [0.15, 0.2) is 72.4 Å². The Morgan fingerprint density at radius 3 is 2.16 bits per heavy atom. The van der Waals surface area contributed by atoms with Gasteiger partial charge < -0.3 is 5.32 Å². The average molecular weight is 439 g/mol. The molecule has 1 aliphatic heterocycles. The minimum Gasteiger partial charge on any atom is -0.350 e. The number of nitro benzene ring substituents is 1. The molecule has 1 N–H and O–H groups in total. The molecule has 3 aromatic carbocycles. The lowest BCUT2D eigenvalue weighted by Gasteiger charge is -2.16. The minimum atomic E-state index is -1.14. The van der Waals surface area contributed by atoms with E-state index in [1.54, 1.807) is 0 Å². The van der Waals surface area contributed by atoms with Crippen molar-refractivity contribution >= 4 is 34.4 Å². The number of nitrogens with zero attached hydrogens (tertiary/aromatic N) is 2. The number of rotatable bonds is 5. The van der Waals surface area contributed by atoms with E-state index in [2.05, 4.69) is 5.32 Å². The molecule has 7 nitrogen and oxygen atoms in total. The molecule has 1 heterocycles. The van der Waals surface area contributed by atoms with Crippen LogP contribution >= 0.6 is 0 Å². The average Bonchev–Trinajstić information content (AvgIpc) is 2.98. The van der Waals surface area contributed by atoms with E-state index in [0.717, 1.165) is 30.3 Å². The van der Waals surface area contributed by atoms with E-state index in [-0.39, 0.29) is 28.2 Å². The lowest BCUT2D eigenvalue weighted by atomic mass is 10.0. The van der Waals surface area contributed by atoms with Gasteiger partial charge in [0.15, 0.2) is 0 Å². The van der Waals surface area contributed by atoms with Gasteiger partial charge in [-0.25, -0.2) is 18.1 Å². The summed E-state index contributed by atoms with van der Waals surface area (Å²) >= 11 is 0. The van der Waals surface area contributed by atoms with Crippen molar-refractivity contribution in [3.8, 4) is 0 Å². The summed E-state index contributed by atoms with van der Waals surface area (Å²) in [7, 11) is 0. The highest BCUT2D eigenvalue weighted by Crippen LogP contribution is 2.35. The van der Waals surface area contributed by atoms with Crippen molar-refractivity contribution in [1.82, 2.24) is 0 Å². The molecule has 0 aromatic heterocycles. The summed E-state index contributed by atoms with van der Waals surface area (Å²) in [6, 6.07) is 12.2. The van der Waals surface area contributed by atoms with Gasteiger partial charge in [0.05, 0.1) is 16.2 Å². The SMILES string of the molecule is O=C1C(Nc2cccc(F)c2)=C(c2ccc([N+](=O)[O-])cc2)C(=O)N1c1ccc(F)cc1F. The van der Waals surface area contributed by atoms with Gasteiger partial charge in [-0.05, 0) is 48.0 Å². The standard InChI is InChI=1S/C22H12F3N3O4/c23-13-2-1-3-15(10-13)26-20-19(12-4-7-16(8-5-12)28(31)32)21(29)27(22(20)30)18-9-6-14(24)11-17(18)25/h1-11,26H. The molecule has 0 saturated carbocycles. The molecule has 3 aromatic rings. The predicted octanol–water partition coefficient (Wildman–Crippen LogP) is 4.41. The maximum absolute atomic E-state index is 14.4. The number of amides is 2. The smallest absolute Gasteiger partial charge is 0.282 e. The number of non-ortho nitro benzene ring substituents is 1. The topological polar surface area (TPSA) is 92.5 Å². The summed E-state index contributed by atoms with van der Waals surface area (Å²) in [5, 5.41) is 13.6. The highest BCUT2D eigenvalue weighted by molar-refractivity contribution is 6.46. The van der Waals surface area contributed by atoms with Crippen LogP contribution in [0.4, 0.5) is 30.2 Å². The first kappa shape index (κ1) is 20.8. The molecule has 0 radical (unpaired) electrons. The highest BCUT2D eigenvalue weighted by atomic mass is 19.1. The number of halogens is 3. The Labute approximate surface area is 178 Å². The van der Waals surface area contributed by atoms with Crippen LogP contribution in [0.1, 0.15) is 5.56 Å². The Balaban J connectivity index is 1.84. The van der Waals surface area contributed by atoms with Gasteiger partial charge in [-0.1, -0.05) is 6.07 Å². The van der Waals surface area contributed by atoms with Gasteiger partial charge in [0.25, 0.3) is 17.5 Å². The maximum Gasteiger partial charge on any atom is 0.282 e. The van der Waals surface area contributed by atoms with Crippen molar-refractivity contribution in [2.45, 2.75) is 0 Å². The minimum absolute atomic E-state index is 0.137. The number of hydrogen-bond acceptors (Lipinski definition) is 5. The van der Waals surface area contributed by atoms with Crippen LogP contribution in [0.5, 0.6) is 0 Å². The summed E-state index contributed by atoms with van der Waals surface area (Å²) in [5.41, 5.74) is -0.944. The van der Waals surface area contributed by atoms with Crippen molar-refractivity contribution in [1.29, 1.82) is 0 Å². The van der Waals surface area contributed by atoms with Gasteiger partial charge in [-0.3, -0.25) is 19.7 Å². The zero-order valence-corrected chi connectivity index (χ0v) is 16.0. The van der Waals surface area contributed by atoms with Crippen molar-refractivity contribution in [2.75, 3.05) is 10.2 Å². The molecule has 0 spiro atoms. The fourth-order valence-corrected chi connectivity index (χ4v) is 3.26. The quantitative estimate of drug-likeness (QED) is 0.361. The van der Waals surface area contributed by atoms with Crippen LogP contribution in [0.3, 0.4) is 0 Å². The van der Waals surface area contributed by atoms with Crippen LogP contribution in [-0.2, 0) is 9.59 Å². The van der Waals surface area contributed by atoms with Gasteiger partial charge in [0, 0.05) is 23.9 Å². The van der Waals surface area contributed by atoms with Crippen LogP contribution in [0.2, 0.25) is 0 Å². The lowest BCUT2D eigenvalue weighted by molar-refractivity contribution is -0.384. The summed E-state index contributed by atoms with van der Waals surface area (Å²) in [5.74, 6) is -4.54. The monoisotopic (exact) mass is 439 g/mol. The molecule has 0 saturated heterocycles. The largest absolute Gasteiger partial charge is 0.350 e. The van der Waals surface area contributed by atoms with Gasteiger partial charge in [-0.2, -0.15) is 0 Å². The molecule has 1 aliphatic rings. The highest BCUT2D eigenvalue weighted by Gasteiger charge is 2.41. The van der Waals surface area contributed by atoms with E-state index in [1.165, 1.54) is 30.3 Å². The first-order chi connectivity index (χ1) is 15.3. The Bertz CT molecular complexity index is 1310. The molecule has 0 fully saturated rings.